The van der Waals surface area contributed by atoms with Crippen LogP contribution in [-0.4, -0.2) is 4.98 Å². The predicted octanol–water partition coefficient (Wildman–Crippen LogP) is 5.42. The summed E-state index contributed by atoms with van der Waals surface area (Å²) in [6.45, 7) is 2.11. The van der Waals surface area contributed by atoms with Crippen LogP contribution in [0.25, 0.3) is 31.4 Å². The summed E-state index contributed by atoms with van der Waals surface area (Å²) >= 11 is 1.81. The van der Waals surface area contributed by atoms with Crippen molar-refractivity contribution < 1.29 is 0 Å². The van der Waals surface area contributed by atoms with Crippen LogP contribution in [0.3, 0.4) is 0 Å². The van der Waals surface area contributed by atoms with Crippen molar-refractivity contribution in [2.75, 3.05) is 0 Å². The van der Waals surface area contributed by atoms with E-state index in [-0.39, 0.29) is 0 Å². The minimum Gasteiger partial charge on any atom is -0.255 e. The summed E-state index contributed by atoms with van der Waals surface area (Å²) < 4.78 is 2.58. The van der Waals surface area contributed by atoms with E-state index in [0.29, 0.717) is 0 Å². The molecule has 2 aromatic carbocycles. The first-order valence-corrected chi connectivity index (χ1v) is 7.47. The topological polar surface area (TPSA) is 12.9 Å². The summed E-state index contributed by atoms with van der Waals surface area (Å²) in [6, 6.07) is 19.3. The Labute approximate surface area is 121 Å². The van der Waals surface area contributed by atoms with E-state index in [9.17, 15) is 0 Å². The van der Waals surface area contributed by atoms with Gasteiger partial charge in [-0.05, 0) is 25.1 Å². The molecule has 2 heteroatoms. The summed E-state index contributed by atoms with van der Waals surface area (Å²) in [7, 11) is 0. The molecule has 0 aliphatic carbocycles. The minimum absolute atomic E-state index is 1.05. The van der Waals surface area contributed by atoms with Crippen LogP contribution in [0, 0.1) is 6.92 Å². The summed E-state index contributed by atoms with van der Waals surface area (Å²) in [6.07, 6.45) is 2.00. The summed E-state index contributed by atoms with van der Waals surface area (Å²) in [5.41, 5.74) is 3.49. The van der Waals surface area contributed by atoms with Crippen LogP contribution in [0.2, 0.25) is 0 Å². The average Bonchev–Trinajstić information content (AvgIpc) is 2.85. The number of benzene rings is 2. The van der Waals surface area contributed by atoms with Gasteiger partial charge in [-0.15, -0.1) is 11.3 Å². The predicted molar refractivity (Wildman–Crippen MR) is 87.3 cm³/mol. The first-order chi connectivity index (χ1) is 9.81. The lowest BCUT2D eigenvalue weighted by molar-refractivity contribution is 1.35. The molecule has 2 heterocycles. The number of aromatic nitrogens is 1. The van der Waals surface area contributed by atoms with Crippen molar-refractivity contribution in [2.24, 2.45) is 0 Å². The molecular formula is C18H13NS. The van der Waals surface area contributed by atoms with Gasteiger partial charge in [0.2, 0.25) is 0 Å². The molecule has 96 valence electrons. The van der Waals surface area contributed by atoms with Crippen LogP contribution in [0.15, 0.2) is 60.8 Å². The summed E-state index contributed by atoms with van der Waals surface area (Å²) in [4.78, 5) is 4.62. The molecule has 0 bridgehead atoms. The van der Waals surface area contributed by atoms with Gasteiger partial charge in [0.05, 0.1) is 10.4 Å². The molecule has 0 N–H and O–H groups in total. The zero-order valence-electron chi connectivity index (χ0n) is 11.1. The highest BCUT2D eigenvalue weighted by Gasteiger charge is 2.07. The van der Waals surface area contributed by atoms with E-state index >= 15 is 0 Å². The second-order valence-electron chi connectivity index (χ2n) is 5.03. The van der Waals surface area contributed by atoms with Crippen molar-refractivity contribution >= 4 is 31.5 Å². The quantitative estimate of drug-likeness (QED) is 0.451. The molecule has 0 spiro atoms. The van der Waals surface area contributed by atoms with Crippen molar-refractivity contribution in [2.45, 2.75) is 6.92 Å². The Bertz CT molecular complexity index is 921. The third-order valence-electron chi connectivity index (χ3n) is 3.58. The third kappa shape index (κ3) is 1.81. The first-order valence-electron chi connectivity index (χ1n) is 6.65. The highest BCUT2D eigenvalue weighted by molar-refractivity contribution is 7.25. The Balaban J connectivity index is 2.00. The van der Waals surface area contributed by atoms with E-state index in [1.807, 2.05) is 6.20 Å². The second kappa shape index (κ2) is 4.43. The lowest BCUT2D eigenvalue weighted by atomic mass is 10.1. The van der Waals surface area contributed by atoms with Crippen LogP contribution in [0.4, 0.5) is 0 Å². The van der Waals surface area contributed by atoms with Gasteiger partial charge in [-0.3, -0.25) is 4.98 Å². The molecular weight excluding hydrogens is 262 g/mol. The van der Waals surface area contributed by atoms with Gasteiger partial charge in [-0.1, -0.05) is 42.0 Å². The SMILES string of the molecule is Cc1cccc(-c2cc3c(cn2)sc2ccccc23)c1. The molecule has 0 fully saturated rings. The fourth-order valence-electron chi connectivity index (χ4n) is 2.59. The number of rotatable bonds is 1. The van der Waals surface area contributed by atoms with Crippen molar-refractivity contribution in [1.82, 2.24) is 4.98 Å². The Kier molecular flexibility index (Phi) is 2.57. The average molecular weight is 275 g/mol. The molecule has 0 amide bonds. The number of aryl methyl sites for hydroxylation is 1. The number of nitrogens with zero attached hydrogens (tertiary/aromatic N) is 1. The Hall–Kier alpha value is -2.19. The van der Waals surface area contributed by atoms with E-state index in [1.54, 1.807) is 11.3 Å². The van der Waals surface area contributed by atoms with Crippen LogP contribution in [-0.2, 0) is 0 Å². The van der Waals surface area contributed by atoms with E-state index in [4.69, 9.17) is 0 Å². The lowest BCUT2D eigenvalue weighted by Crippen LogP contribution is -1.83. The van der Waals surface area contributed by atoms with Crippen molar-refractivity contribution in [3.63, 3.8) is 0 Å². The molecule has 0 unspecified atom stereocenters. The van der Waals surface area contributed by atoms with Crippen LogP contribution in [0.1, 0.15) is 5.56 Å². The van der Waals surface area contributed by atoms with Gasteiger partial charge in [0, 0.05) is 27.2 Å². The van der Waals surface area contributed by atoms with Gasteiger partial charge in [-0.25, -0.2) is 0 Å². The maximum atomic E-state index is 4.62. The van der Waals surface area contributed by atoms with Crippen LogP contribution < -0.4 is 0 Å². The zero-order chi connectivity index (χ0) is 13.5. The normalized spacial score (nSPS) is 11.2. The molecule has 1 nitrogen and oxygen atoms in total. The minimum atomic E-state index is 1.05. The van der Waals surface area contributed by atoms with E-state index in [2.05, 4.69) is 66.5 Å². The van der Waals surface area contributed by atoms with Gasteiger partial charge in [0.25, 0.3) is 0 Å². The molecule has 2 aromatic heterocycles. The molecule has 0 saturated carbocycles. The molecule has 4 rings (SSSR count). The van der Waals surface area contributed by atoms with Gasteiger partial charge in [-0.2, -0.15) is 0 Å². The first kappa shape index (κ1) is 11.6. The molecule has 4 aromatic rings. The molecule has 0 radical (unpaired) electrons. The Morgan fingerprint density at radius 3 is 2.65 bits per heavy atom. The van der Waals surface area contributed by atoms with Gasteiger partial charge < -0.3 is 0 Å². The van der Waals surface area contributed by atoms with E-state index in [0.717, 1.165) is 5.69 Å². The monoisotopic (exact) mass is 275 g/mol. The van der Waals surface area contributed by atoms with Crippen molar-refractivity contribution in [3.8, 4) is 11.3 Å². The second-order valence-corrected chi connectivity index (χ2v) is 6.12. The third-order valence-corrected chi connectivity index (χ3v) is 4.70. The Morgan fingerprint density at radius 2 is 1.75 bits per heavy atom. The number of hydrogen-bond donors (Lipinski definition) is 0. The van der Waals surface area contributed by atoms with Crippen molar-refractivity contribution in [3.05, 3.63) is 66.4 Å². The summed E-state index contributed by atoms with van der Waals surface area (Å²) in [5, 5.41) is 2.63. The molecule has 0 saturated heterocycles. The van der Waals surface area contributed by atoms with Crippen LogP contribution >= 0.6 is 11.3 Å². The number of hydrogen-bond acceptors (Lipinski definition) is 2. The van der Waals surface area contributed by atoms with E-state index < -0.39 is 0 Å². The van der Waals surface area contributed by atoms with Crippen LogP contribution in [0.5, 0.6) is 0 Å². The zero-order valence-corrected chi connectivity index (χ0v) is 11.9. The van der Waals surface area contributed by atoms with Crippen molar-refractivity contribution in [1.29, 1.82) is 0 Å². The maximum absolute atomic E-state index is 4.62. The fourth-order valence-corrected chi connectivity index (χ4v) is 3.65. The number of thiophene rings is 1. The molecule has 0 atom stereocenters. The Morgan fingerprint density at radius 1 is 0.850 bits per heavy atom. The van der Waals surface area contributed by atoms with Gasteiger partial charge in [0.15, 0.2) is 0 Å². The summed E-state index contributed by atoms with van der Waals surface area (Å²) in [5.74, 6) is 0. The smallest absolute Gasteiger partial charge is 0.0709 e. The maximum Gasteiger partial charge on any atom is 0.0709 e. The molecule has 20 heavy (non-hydrogen) atoms. The van der Waals surface area contributed by atoms with Gasteiger partial charge >= 0.3 is 0 Å². The number of pyridine rings is 1. The number of fused-ring (bicyclic) bond motifs is 3. The molecule has 0 aliphatic heterocycles. The van der Waals surface area contributed by atoms with Gasteiger partial charge in [0.1, 0.15) is 0 Å². The molecule has 0 aliphatic rings. The van der Waals surface area contributed by atoms with E-state index in [1.165, 1.54) is 31.3 Å². The fraction of sp³-hybridized carbons (Fsp3) is 0.0556. The highest BCUT2D eigenvalue weighted by Crippen LogP contribution is 2.35. The standard InChI is InChI=1S/C18H13NS/c1-12-5-4-6-13(9-12)16-10-15-14-7-2-3-8-17(14)20-18(15)11-19-16/h2-11H,1H3. The largest absolute Gasteiger partial charge is 0.255 e. The highest BCUT2D eigenvalue weighted by atomic mass is 32.1. The lowest BCUT2D eigenvalue weighted by Gasteiger charge is -2.02.